The highest BCUT2D eigenvalue weighted by Crippen LogP contribution is 2.30. The number of alkyl halides is 3. The van der Waals surface area contributed by atoms with Gasteiger partial charge in [0.15, 0.2) is 0 Å². The number of aromatic nitrogens is 3. The SMILES string of the molecule is FC(F)(F)c1nc(-c2ccc(-c3ccnc(N4CCOCC4)c3)cc2)no1. The van der Waals surface area contributed by atoms with E-state index in [1.165, 1.54) is 0 Å². The molecule has 4 rings (SSSR count). The fourth-order valence-electron chi connectivity index (χ4n) is 2.83. The number of pyridine rings is 1. The van der Waals surface area contributed by atoms with Crippen molar-refractivity contribution in [3.8, 4) is 22.5 Å². The summed E-state index contributed by atoms with van der Waals surface area (Å²) >= 11 is 0. The second kappa shape index (κ2) is 6.99. The molecule has 1 aliphatic heterocycles. The van der Waals surface area contributed by atoms with E-state index in [-0.39, 0.29) is 5.82 Å². The van der Waals surface area contributed by atoms with Crippen molar-refractivity contribution in [2.75, 3.05) is 31.2 Å². The predicted octanol–water partition coefficient (Wildman–Crippen LogP) is 3.65. The summed E-state index contributed by atoms with van der Waals surface area (Å²) in [6, 6.07) is 10.8. The number of hydrogen-bond donors (Lipinski definition) is 0. The first kappa shape index (κ1) is 17.5. The van der Waals surface area contributed by atoms with Gasteiger partial charge in [-0.3, -0.25) is 0 Å². The third-order valence-corrected chi connectivity index (χ3v) is 4.23. The van der Waals surface area contributed by atoms with E-state index in [1.54, 1.807) is 30.5 Å². The minimum absolute atomic E-state index is 0.0994. The molecule has 3 aromatic rings. The van der Waals surface area contributed by atoms with E-state index in [0.29, 0.717) is 18.8 Å². The van der Waals surface area contributed by atoms with Crippen LogP contribution >= 0.6 is 0 Å². The summed E-state index contributed by atoms with van der Waals surface area (Å²) in [5.41, 5.74) is 2.32. The lowest BCUT2D eigenvalue weighted by atomic mass is 10.0. The number of halogens is 3. The normalized spacial score (nSPS) is 15.1. The molecule has 1 saturated heterocycles. The number of nitrogens with zero attached hydrogens (tertiary/aromatic N) is 4. The highest BCUT2D eigenvalue weighted by atomic mass is 19.4. The Kier molecular flexibility index (Phi) is 4.53. The van der Waals surface area contributed by atoms with Crippen LogP contribution in [0.15, 0.2) is 47.1 Å². The van der Waals surface area contributed by atoms with Gasteiger partial charge in [-0.1, -0.05) is 29.4 Å². The first-order valence-corrected chi connectivity index (χ1v) is 8.31. The molecular formula is C18H15F3N4O2. The Labute approximate surface area is 152 Å². The Morgan fingerprint density at radius 1 is 0.926 bits per heavy atom. The zero-order valence-electron chi connectivity index (χ0n) is 14.1. The van der Waals surface area contributed by atoms with E-state index >= 15 is 0 Å². The molecule has 0 atom stereocenters. The van der Waals surface area contributed by atoms with Gasteiger partial charge in [-0.05, 0) is 23.3 Å². The monoisotopic (exact) mass is 376 g/mol. The van der Waals surface area contributed by atoms with Gasteiger partial charge >= 0.3 is 12.1 Å². The molecule has 0 saturated carbocycles. The van der Waals surface area contributed by atoms with Crippen LogP contribution in [-0.4, -0.2) is 41.4 Å². The molecule has 9 heteroatoms. The van der Waals surface area contributed by atoms with Crippen LogP contribution in [0.4, 0.5) is 19.0 Å². The number of ether oxygens (including phenoxy) is 1. The highest BCUT2D eigenvalue weighted by molar-refractivity contribution is 5.69. The standard InChI is InChI=1S/C18H15F3N4O2/c19-18(20,21)17-23-16(24-27-17)13-3-1-12(2-4-13)14-5-6-22-15(11-14)25-7-9-26-10-8-25/h1-6,11H,7-10H2. The molecule has 140 valence electrons. The van der Waals surface area contributed by atoms with Gasteiger partial charge in [0.2, 0.25) is 5.82 Å². The number of rotatable bonds is 3. The Hall–Kier alpha value is -2.94. The number of hydrogen-bond acceptors (Lipinski definition) is 6. The van der Waals surface area contributed by atoms with Crippen molar-refractivity contribution < 1.29 is 22.4 Å². The molecule has 1 fully saturated rings. The molecule has 0 aliphatic carbocycles. The van der Waals surface area contributed by atoms with Crippen molar-refractivity contribution in [2.24, 2.45) is 0 Å². The molecule has 3 heterocycles. The first-order valence-electron chi connectivity index (χ1n) is 8.31. The Morgan fingerprint density at radius 3 is 2.30 bits per heavy atom. The lowest BCUT2D eigenvalue weighted by Crippen LogP contribution is -2.36. The molecule has 0 spiro atoms. The van der Waals surface area contributed by atoms with Crippen LogP contribution in [0.1, 0.15) is 5.89 Å². The molecule has 1 aromatic carbocycles. The van der Waals surface area contributed by atoms with Crippen molar-refractivity contribution in [2.45, 2.75) is 6.18 Å². The summed E-state index contributed by atoms with van der Waals surface area (Å²) in [6.07, 6.45) is -2.92. The molecule has 27 heavy (non-hydrogen) atoms. The summed E-state index contributed by atoms with van der Waals surface area (Å²) in [7, 11) is 0. The zero-order chi connectivity index (χ0) is 18.9. The third kappa shape index (κ3) is 3.77. The first-order chi connectivity index (χ1) is 13.0. The van der Waals surface area contributed by atoms with Crippen molar-refractivity contribution >= 4 is 5.82 Å². The second-order valence-electron chi connectivity index (χ2n) is 6.00. The molecule has 0 N–H and O–H groups in total. The van der Waals surface area contributed by atoms with Gasteiger partial charge in [-0.25, -0.2) is 4.98 Å². The number of benzene rings is 1. The van der Waals surface area contributed by atoms with Crippen LogP contribution in [0.5, 0.6) is 0 Å². The predicted molar refractivity (Wildman–Crippen MR) is 91.0 cm³/mol. The van der Waals surface area contributed by atoms with Crippen molar-refractivity contribution in [1.82, 2.24) is 15.1 Å². The molecule has 0 bridgehead atoms. The van der Waals surface area contributed by atoms with Gasteiger partial charge < -0.3 is 14.2 Å². The van der Waals surface area contributed by atoms with Gasteiger partial charge in [0, 0.05) is 24.8 Å². The minimum atomic E-state index is -4.65. The summed E-state index contributed by atoms with van der Waals surface area (Å²) < 4.78 is 47.4. The van der Waals surface area contributed by atoms with Crippen LogP contribution < -0.4 is 4.90 Å². The average Bonchev–Trinajstić information content (AvgIpc) is 3.20. The van der Waals surface area contributed by atoms with Crippen LogP contribution in [-0.2, 0) is 10.9 Å². The minimum Gasteiger partial charge on any atom is -0.378 e. The van der Waals surface area contributed by atoms with Crippen molar-refractivity contribution in [3.05, 3.63) is 48.5 Å². The molecule has 0 radical (unpaired) electrons. The summed E-state index contributed by atoms with van der Waals surface area (Å²) in [6.45, 7) is 2.92. The fourth-order valence-corrected chi connectivity index (χ4v) is 2.83. The summed E-state index contributed by atoms with van der Waals surface area (Å²) in [5, 5.41) is 3.40. The van der Waals surface area contributed by atoms with E-state index in [1.807, 2.05) is 12.1 Å². The second-order valence-corrected chi connectivity index (χ2v) is 6.00. The Balaban J connectivity index is 1.56. The molecule has 0 amide bonds. The van der Waals surface area contributed by atoms with Gasteiger partial charge in [-0.2, -0.15) is 18.2 Å². The molecule has 1 aliphatic rings. The number of morpholine rings is 1. The quantitative estimate of drug-likeness (QED) is 0.695. The smallest absolute Gasteiger partial charge is 0.378 e. The van der Waals surface area contributed by atoms with Gasteiger partial charge in [0.1, 0.15) is 5.82 Å². The van der Waals surface area contributed by atoms with E-state index in [4.69, 9.17) is 4.74 Å². The lowest BCUT2D eigenvalue weighted by Gasteiger charge is -2.28. The summed E-state index contributed by atoms with van der Waals surface area (Å²) in [5.74, 6) is -0.587. The van der Waals surface area contributed by atoms with Gasteiger partial charge in [0.05, 0.1) is 13.2 Å². The van der Waals surface area contributed by atoms with Gasteiger partial charge in [0.25, 0.3) is 0 Å². The van der Waals surface area contributed by atoms with Crippen molar-refractivity contribution in [3.63, 3.8) is 0 Å². The molecule has 2 aromatic heterocycles. The zero-order valence-corrected chi connectivity index (χ0v) is 14.1. The van der Waals surface area contributed by atoms with Gasteiger partial charge in [-0.15, -0.1) is 0 Å². The Bertz CT molecular complexity index is 919. The maximum absolute atomic E-state index is 12.6. The maximum Gasteiger partial charge on any atom is 0.471 e. The maximum atomic E-state index is 12.6. The van der Waals surface area contributed by atoms with Crippen LogP contribution in [0.2, 0.25) is 0 Å². The third-order valence-electron chi connectivity index (χ3n) is 4.23. The van der Waals surface area contributed by atoms with Crippen LogP contribution in [0, 0.1) is 0 Å². The summed E-state index contributed by atoms with van der Waals surface area (Å²) in [4.78, 5) is 9.96. The molecule has 0 unspecified atom stereocenters. The average molecular weight is 376 g/mol. The Morgan fingerprint density at radius 2 is 1.63 bits per heavy atom. The topological polar surface area (TPSA) is 64.3 Å². The largest absolute Gasteiger partial charge is 0.471 e. The number of anilines is 1. The highest BCUT2D eigenvalue weighted by Gasteiger charge is 2.38. The van der Waals surface area contributed by atoms with Crippen LogP contribution in [0.25, 0.3) is 22.5 Å². The van der Waals surface area contributed by atoms with Crippen LogP contribution in [0.3, 0.4) is 0 Å². The fraction of sp³-hybridized carbons (Fsp3) is 0.278. The molecular weight excluding hydrogens is 361 g/mol. The van der Waals surface area contributed by atoms with E-state index in [9.17, 15) is 13.2 Å². The van der Waals surface area contributed by atoms with E-state index in [2.05, 4.69) is 24.5 Å². The van der Waals surface area contributed by atoms with Crippen molar-refractivity contribution in [1.29, 1.82) is 0 Å². The lowest BCUT2D eigenvalue weighted by molar-refractivity contribution is -0.159. The van der Waals surface area contributed by atoms with E-state index in [0.717, 1.165) is 30.0 Å². The molecule has 6 nitrogen and oxygen atoms in total. The van der Waals surface area contributed by atoms with E-state index < -0.39 is 12.1 Å².